The number of carbonyl (C=O) groups is 2. The Kier molecular flexibility index (Phi) is 5.39. The summed E-state index contributed by atoms with van der Waals surface area (Å²) in [6.45, 7) is 3.51. The minimum atomic E-state index is -0.162. The van der Waals surface area contributed by atoms with E-state index in [1.807, 2.05) is 29.2 Å². The molecule has 0 aliphatic carbocycles. The molecular formula is C16H21N5O2S. The fourth-order valence-electron chi connectivity index (χ4n) is 2.63. The maximum Gasteiger partial charge on any atom is 0.240 e. The summed E-state index contributed by atoms with van der Waals surface area (Å²) in [7, 11) is 1.78. The standard InChI is InChI=1S/C16H21N5O2S/c1-20(11-15(23)21-8-6-17-7-9-21)10-14(22)19-16-18-12-4-2-3-5-13(12)24-16/h2-5,17H,6-11H2,1H3,(H,18,19,22). The molecule has 1 aliphatic rings. The third-order valence-electron chi connectivity index (χ3n) is 3.83. The van der Waals surface area contributed by atoms with Crippen molar-refractivity contribution in [2.75, 3.05) is 51.6 Å². The molecule has 1 aliphatic heterocycles. The summed E-state index contributed by atoms with van der Waals surface area (Å²) < 4.78 is 1.04. The van der Waals surface area contributed by atoms with Crippen LogP contribution in [0.2, 0.25) is 0 Å². The molecule has 3 rings (SSSR count). The molecular weight excluding hydrogens is 326 g/mol. The highest BCUT2D eigenvalue weighted by molar-refractivity contribution is 7.22. The Morgan fingerprint density at radius 1 is 1.29 bits per heavy atom. The monoisotopic (exact) mass is 347 g/mol. The molecule has 128 valence electrons. The van der Waals surface area contributed by atoms with Gasteiger partial charge in [0.2, 0.25) is 11.8 Å². The Bertz CT molecular complexity index is 693. The number of piperazine rings is 1. The molecule has 0 saturated carbocycles. The number of fused-ring (bicyclic) bond motifs is 1. The van der Waals surface area contributed by atoms with Gasteiger partial charge in [0.15, 0.2) is 5.13 Å². The van der Waals surface area contributed by atoms with Gasteiger partial charge < -0.3 is 15.5 Å². The SMILES string of the molecule is CN(CC(=O)Nc1nc2ccccc2s1)CC(=O)N1CCNCC1. The van der Waals surface area contributed by atoms with Crippen molar-refractivity contribution < 1.29 is 9.59 Å². The lowest BCUT2D eigenvalue weighted by Crippen LogP contribution is -2.49. The molecule has 0 unspecified atom stereocenters. The van der Waals surface area contributed by atoms with Gasteiger partial charge in [-0.2, -0.15) is 0 Å². The van der Waals surface area contributed by atoms with Gasteiger partial charge in [0.1, 0.15) is 0 Å². The van der Waals surface area contributed by atoms with Crippen molar-refractivity contribution in [3.63, 3.8) is 0 Å². The summed E-state index contributed by atoms with van der Waals surface area (Å²) in [6.07, 6.45) is 0. The van der Waals surface area contributed by atoms with Gasteiger partial charge in [0.25, 0.3) is 0 Å². The van der Waals surface area contributed by atoms with Gasteiger partial charge in [-0.25, -0.2) is 4.98 Å². The smallest absolute Gasteiger partial charge is 0.240 e. The molecule has 2 aromatic rings. The number of rotatable bonds is 5. The van der Waals surface area contributed by atoms with Crippen molar-refractivity contribution in [2.24, 2.45) is 0 Å². The van der Waals surface area contributed by atoms with E-state index in [0.29, 0.717) is 5.13 Å². The molecule has 1 aromatic carbocycles. The van der Waals surface area contributed by atoms with Crippen molar-refractivity contribution in [1.29, 1.82) is 0 Å². The van der Waals surface area contributed by atoms with Gasteiger partial charge in [-0.05, 0) is 19.2 Å². The summed E-state index contributed by atoms with van der Waals surface area (Å²) in [5.74, 6) is -0.101. The fraction of sp³-hybridized carbons (Fsp3) is 0.438. The molecule has 1 saturated heterocycles. The first-order chi connectivity index (χ1) is 11.6. The molecule has 8 heteroatoms. The van der Waals surface area contributed by atoms with E-state index in [9.17, 15) is 9.59 Å². The number of thiazole rings is 1. The number of nitrogens with zero attached hydrogens (tertiary/aromatic N) is 3. The molecule has 0 bridgehead atoms. The lowest BCUT2D eigenvalue weighted by atomic mass is 10.3. The quantitative estimate of drug-likeness (QED) is 0.828. The van der Waals surface area contributed by atoms with E-state index < -0.39 is 0 Å². The first kappa shape index (κ1) is 16.8. The highest BCUT2D eigenvalue weighted by Gasteiger charge is 2.19. The van der Waals surface area contributed by atoms with Crippen LogP contribution in [0.25, 0.3) is 10.2 Å². The van der Waals surface area contributed by atoms with Gasteiger partial charge in [0.05, 0.1) is 23.3 Å². The molecule has 0 radical (unpaired) electrons. The second-order valence-electron chi connectivity index (χ2n) is 5.84. The van der Waals surface area contributed by atoms with E-state index in [-0.39, 0.29) is 24.9 Å². The Labute approximate surface area is 144 Å². The lowest BCUT2D eigenvalue weighted by Gasteiger charge is -2.29. The van der Waals surface area contributed by atoms with E-state index in [4.69, 9.17) is 0 Å². The number of nitrogens with one attached hydrogen (secondary N) is 2. The zero-order chi connectivity index (χ0) is 16.9. The van der Waals surface area contributed by atoms with Crippen LogP contribution in [-0.2, 0) is 9.59 Å². The number of anilines is 1. The van der Waals surface area contributed by atoms with Crippen LogP contribution in [0, 0.1) is 0 Å². The molecule has 24 heavy (non-hydrogen) atoms. The van der Waals surface area contributed by atoms with Gasteiger partial charge in [-0.1, -0.05) is 23.5 Å². The zero-order valence-electron chi connectivity index (χ0n) is 13.6. The molecule has 2 amide bonds. The van der Waals surface area contributed by atoms with Crippen LogP contribution < -0.4 is 10.6 Å². The van der Waals surface area contributed by atoms with E-state index >= 15 is 0 Å². The Hall–Kier alpha value is -2.03. The number of amides is 2. The zero-order valence-corrected chi connectivity index (χ0v) is 14.4. The highest BCUT2D eigenvalue weighted by Crippen LogP contribution is 2.25. The third-order valence-corrected chi connectivity index (χ3v) is 4.78. The Morgan fingerprint density at radius 2 is 2.04 bits per heavy atom. The van der Waals surface area contributed by atoms with Crippen LogP contribution in [0.3, 0.4) is 0 Å². The molecule has 7 nitrogen and oxygen atoms in total. The number of hydrogen-bond acceptors (Lipinski definition) is 6. The Morgan fingerprint density at radius 3 is 2.79 bits per heavy atom. The van der Waals surface area contributed by atoms with Crippen molar-refractivity contribution in [3.8, 4) is 0 Å². The lowest BCUT2D eigenvalue weighted by molar-refractivity contribution is -0.133. The van der Waals surface area contributed by atoms with Crippen molar-refractivity contribution in [1.82, 2.24) is 20.1 Å². The van der Waals surface area contributed by atoms with Gasteiger partial charge >= 0.3 is 0 Å². The predicted molar refractivity (Wildman–Crippen MR) is 95.2 cm³/mol. The van der Waals surface area contributed by atoms with Crippen molar-refractivity contribution in [2.45, 2.75) is 0 Å². The molecule has 1 aromatic heterocycles. The first-order valence-corrected chi connectivity index (χ1v) is 8.76. The van der Waals surface area contributed by atoms with Crippen LogP contribution in [0.5, 0.6) is 0 Å². The number of para-hydroxylation sites is 1. The minimum absolute atomic E-state index is 0.0618. The largest absolute Gasteiger partial charge is 0.339 e. The summed E-state index contributed by atoms with van der Waals surface area (Å²) >= 11 is 1.45. The van der Waals surface area contributed by atoms with Crippen LogP contribution >= 0.6 is 11.3 Å². The summed E-state index contributed by atoms with van der Waals surface area (Å²) in [4.78, 5) is 32.3. The summed E-state index contributed by atoms with van der Waals surface area (Å²) in [5.41, 5.74) is 0.875. The van der Waals surface area contributed by atoms with E-state index in [1.54, 1.807) is 11.9 Å². The number of hydrogen-bond donors (Lipinski definition) is 2. The maximum atomic E-state index is 12.2. The minimum Gasteiger partial charge on any atom is -0.339 e. The van der Waals surface area contributed by atoms with Crippen molar-refractivity contribution >= 4 is 38.5 Å². The Balaban J connectivity index is 1.49. The van der Waals surface area contributed by atoms with Crippen molar-refractivity contribution in [3.05, 3.63) is 24.3 Å². The van der Waals surface area contributed by atoms with Crippen LogP contribution in [0.1, 0.15) is 0 Å². The van der Waals surface area contributed by atoms with Crippen LogP contribution in [0.15, 0.2) is 24.3 Å². The number of likely N-dealkylation sites (N-methyl/N-ethyl adjacent to an activating group) is 1. The second kappa shape index (κ2) is 7.69. The summed E-state index contributed by atoms with van der Waals surface area (Å²) in [5, 5.41) is 6.61. The number of aromatic nitrogens is 1. The van der Waals surface area contributed by atoms with Crippen LogP contribution in [-0.4, -0.2) is 72.9 Å². The van der Waals surface area contributed by atoms with E-state index in [1.165, 1.54) is 11.3 Å². The fourth-order valence-corrected chi connectivity index (χ4v) is 3.51. The second-order valence-corrected chi connectivity index (χ2v) is 6.87. The van der Waals surface area contributed by atoms with Gasteiger partial charge in [0, 0.05) is 26.2 Å². The molecule has 0 spiro atoms. The summed E-state index contributed by atoms with van der Waals surface area (Å²) in [6, 6.07) is 7.76. The first-order valence-electron chi connectivity index (χ1n) is 7.94. The predicted octanol–water partition coefficient (Wildman–Crippen LogP) is 0.598. The van der Waals surface area contributed by atoms with E-state index in [0.717, 1.165) is 36.4 Å². The maximum absolute atomic E-state index is 12.2. The third kappa shape index (κ3) is 4.28. The number of carbonyl (C=O) groups excluding carboxylic acids is 2. The highest BCUT2D eigenvalue weighted by atomic mass is 32.1. The average molecular weight is 347 g/mol. The normalized spacial score (nSPS) is 15.0. The molecule has 1 fully saturated rings. The average Bonchev–Trinajstić information content (AvgIpc) is 2.97. The topological polar surface area (TPSA) is 77.6 Å². The molecule has 0 atom stereocenters. The molecule has 2 heterocycles. The van der Waals surface area contributed by atoms with E-state index in [2.05, 4.69) is 15.6 Å². The number of benzene rings is 1. The van der Waals surface area contributed by atoms with Gasteiger partial charge in [-0.3, -0.25) is 14.5 Å². The van der Waals surface area contributed by atoms with Crippen LogP contribution in [0.4, 0.5) is 5.13 Å². The van der Waals surface area contributed by atoms with Gasteiger partial charge in [-0.15, -0.1) is 0 Å². The molecule has 2 N–H and O–H groups in total.